The molecule has 106 valence electrons. The van der Waals surface area contributed by atoms with E-state index in [2.05, 4.69) is 26.3 Å². The highest BCUT2D eigenvalue weighted by Crippen LogP contribution is 2.24. The van der Waals surface area contributed by atoms with Crippen molar-refractivity contribution < 1.29 is 9.90 Å². The summed E-state index contributed by atoms with van der Waals surface area (Å²) in [5.74, 6) is -0.179. The fourth-order valence-corrected chi connectivity index (χ4v) is 2.24. The highest BCUT2D eigenvalue weighted by atomic mass is 79.9. The molecule has 0 aliphatic carbocycles. The second-order valence-electron chi connectivity index (χ2n) is 4.62. The van der Waals surface area contributed by atoms with Crippen molar-refractivity contribution in [3.63, 3.8) is 0 Å². The van der Waals surface area contributed by atoms with Crippen molar-refractivity contribution in [2.75, 3.05) is 0 Å². The van der Waals surface area contributed by atoms with Gasteiger partial charge in [0.1, 0.15) is 5.75 Å². The van der Waals surface area contributed by atoms with E-state index in [1.807, 2.05) is 20.9 Å². The smallest absolute Gasteiger partial charge is 0.251 e. The van der Waals surface area contributed by atoms with Crippen molar-refractivity contribution in [2.45, 2.75) is 20.4 Å². The minimum Gasteiger partial charge on any atom is -0.507 e. The summed E-state index contributed by atoms with van der Waals surface area (Å²) in [4.78, 5) is 12.0. The number of hydrogen-bond donors (Lipinski definition) is 2. The summed E-state index contributed by atoms with van der Waals surface area (Å²) in [6, 6.07) is 4.73. The number of phenolic OH excluding ortho intramolecular Hbond substituents is 1. The Morgan fingerprint density at radius 2 is 2.15 bits per heavy atom. The van der Waals surface area contributed by atoms with Gasteiger partial charge in [0, 0.05) is 30.4 Å². The molecule has 0 aliphatic rings. The van der Waals surface area contributed by atoms with Crippen LogP contribution in [-0.2, 0) is 13.6 Å². The number of halogens is 1. The maximum Gasteiger partial charge on any atom is 0.251 e. The molecule has 1 heterocycles. The second kappa shape index (κ2) is 5.66. The van der Waals surface area contributed by atoms with Gasteiger partial charge in [-0.05, 0) is 48.0 Å². The van der Waals surface area contributed by atoms with E-state index in [-0.39, 0.29) is 11.7 Å². The molecule has 20 heavy (non-hydrogen) atoms. The third kappa shape index (κ3) is 2.85. The van der Waals surface area contributed by atoms with Gasteiger partial charge in [-0.25, -0.2) is 0 Å². The largest absolute Gasteiger partial charge is 0.507 e. The third-order valence-corrected chi connectivity index (χ3v) is 3.96. The lowest BCUT2D eigenvalue weighted by atomic mass is 10.1. The van der Waals surface area contributed by atoms with Crippen LogP contribution >= 0.6 is 15.9 Å². The third-order valence-electron chi connectivity index (χ3n) is 3.29. The maximum absolute atomic E-state index is 12.0. The minimum atomic E-state index is -0.226. The standard InChI is InChI=1S/C14H16BrN3O2/c1-8-11(9(2)18(3)17-8)7-16-14(20)10-4-5-12(15)13(19)6-10/h4-6,19H,7H2,1-3H3,(H,16,20). The van der Waals surface area contributed by atoms with Gasteiger partial charge in [-0.15, -0.1) is 0 Å². The zero-order chi connectivity index (χ0) is 14.9. The monoisotopic (exact) mass is 337 g/mol. The highest BCUT2D eigenvalue weighted by Gasteiger charge is 2.12. The summed E-state index contributed by atoms with van der Waals surface area (Å²) in [6.07, 6.45) is 0. The molecule has 2 aromatic rings. The Kier molecular flexibility index (Phi) is 4.13. The van der Waals surface area contributed by atoms with E-state index < -0.39 is 0 Å². The number of nitrogens with one attached hydrogen (secondary N) is 1. The van der Waals surface area contributed by atoms with Crippen molar-refractivity contribution in [2.24, 2.45) is 7.05 Å². The second-order valence-corrected chi connectivity index (χ2v) is 5.48. The number of phenols is 1. The SMILES string of the molecule is Cc1nn(C)c(C)c1CNC(=O)c1ccc(Br)c(O)c1. The van der Waals surface area contributed by atoms with Crippen LogP contribution in [0.3, 0.4) is 0 Å². The number of aryl methyl sites for hydroxylation is 2. The van der Waals surface area contributed by atoms with E-state index >= 15 is 0 Å². The minimum absolute atomic E-state index is 0.0476. The average molecular weight is 338 g/mol. The molecule has 0 saturated heterocycles. The lowest BCUT2D eigenvalue weighted by Crippen LogP contribution is -2.23. The van der Waals surface area contributed by atoms with E-state index in [9.17, 15) is 9.90 Å². The fourth-order valence-electron chi connectivity index (χ4n) is 2.00. The van der Waals surface area contributed by atoms with E-state index in [0.29, 0.717) is 16.6 Å². The van der Waals surface area contributed by atoms with Gasteiger partial charge in [0.15, 0.2) is 0 Å². The summed E-state index contributed by atoms with van der Waals surface area (Å²) >= 11 is 3.18. The molecule has 1 aromatic heterocycles. The first-order chi connectivity index (χ1) is 9.40. The molecule has 0 unspecified atom stereocenters. The molecule has 0 saturated carbocycles. The van der Waals surface area contributed by atoms with Crippen molar-refractivity contribution in [3.8, 4) is 5.75 Å². The summed E-state index contributed by atoms with van der Waals surface area (Å²) in [7, 11) is 1.88. The Morgan fingerprint density at radius 3 is 2.70 bits per heavy atom. The molecule has 0 fully saturated rings. The van der Waals surface area contributed by atoms with Crippen LogP contribution in [0.1, 0.15) is 27.3 Å². The maximum atomic E-state index is 12.0. The number of rotatable bonds is 3. The van der Waals surface area contributed by atoms with Crippen LogP contribution in [0.15, 0.2) is 22.7 Å². The molecule has 2 N–H and O–H groups in total. The molecule has 0 aliphatic heterocycles. The van der Waals surface area contributed by atoms with E-state index in [4.69, 9.17) is 0 Å². The number of aromatic hydroxyl groups is 1. The van der Waals surface area contributed by atoms with E-state index in [1.165, 1.54) is 6.07 Å². The number of carbonyl (C=O) groups excluding carboxylic acids is 1. The summed E-state index contributed by atoms with van der Waals surface area (Å²) < 4.78 is 2.36. The van der Waals surface area contributed by atoms with Crippen LogP contribution in [0.4, 0.5) is 0 Å². The van der Waals surface area contributed by atoms with Crippen LogP contribution in [-0.4, -0.2) is 20.8 Å². The van der Waals surface area contributed by atoms with Gasteiger partial charge in [0.2, 0.25) is 0 Å². The predicted octanol–water partition coefficient (Wildman–Crippen LogP) is 2.44. The molecule has 0 atom stereocenters. The zero-order valence-electron chi connectivity index (χ0n) is 11.6. The molecular formula is C14H16BrN3O2. The lowest BCUT2D eigenvalue weighted by Gasteiger charge is -2.07. The van der Waals surface area contributed by atoms with Crippen molar-refractivity contribution in [1.29, 1.82) is 0 Å². The Balaban J connectivity index is 2.10. The topological polar surface area (TPSA) is 67.2 Å². The molecule has 0 spiro atoms. The molecule has 5 nitrogen and oxygen atoms in total. The first kappa shape index (κ1) is 14.6. The summed E-state index contributed by atoms with van der Waals surface area (Å²) in [6.45, 7) is 4.30. The van der Waals surface area contributed by atoms with E-state index in [0.717, 1.165) is 17.0 Å². The molecular weight excluding hydrogens is 322 g/mol. The Morgan fingerprint density at radius 1 is 1.45 bits per heavy atom. The number of aromatic nitrogens is 2. The van der Waals surface area contributed by atoms with Crippen LogP contribution in [0.25, 0.3) is 0 Å². The molecule has 6 heteroatoms. The average Bonchev–Trinajstić information content (AvgIpc) is 2.64. The highest BCUT2D eigenvalue weighted by molar-refractivity contribution is 9.10. The molecule has 2 rings (SSSR count). The summed E-state index contributed by atoms with van der Waals surface area (Å²) in [5.41, 5.74) is 3.37. The number of nitrogens with zero attached hydrogens (tertiary/aromatic N) is 2. The van der Waals surface area contributed by atoms with Gasteiger partial charge >= 0.3 is 0 Å². The zero-order valence-corrected chi connectivity index (χ0v) is 13.2. The lowest BCUT2D eigenvalue weighted by molar-refractivity contribution is 0.0950. The van der Waals surface area contributed by atoms with Gasteiger partial charge in [-0.2, -0.15) is 5.10 Å². The fraction of sp³-hybridized carbons (Fsp3) is 0.286. The molecule has 0 bridgehead atoms. The Hall–Kier alpha value is -1.82. The predicted molar refractivity (Wildman–Crippen MR) is 79.7 cm³/mol. The van der Waals surface area contributed by atoms with Gasteiger partial charge in [-0.3, -0.25) is 9.48 Å². The van der Waals surface area contributed by atoms with Crippen molar-refractivity contribution >= 4 is 21.8 Å². The van der Waals surface area contributed by atoms with Gasteiger partial charge < -0.3 is 10.4 Å². The first-order valence-corrected chi connectivity index (χ1v) is 6.95. The Labute approximate surface area is 125 Å². The van der Waals surface area contributed by atoms with Crippen molar-refractivity contribution in [1.82, 2.24) is 15.1 Å². The number of benzene rings is 1. The van der Waals surface area contributed by atoms with Crippen LogP contribution in [0.5, 0.6) is 5.75 Å². The van der Waals surface area contributed by atoms with Crippen LogP contribution in [0, 0.1) is 13.8 Å². The molecule has 1 amide bonds. The van der Waals surface area contributed by atoms with Crippen LogP contribution < -0.4 is 5.32 Å². The number of hydrogen-bond acceptors (Lipinski definition) is 3. The molecule has 0 radical (unpaired) electrons. The quantitative estimate of drug-likeness (QED) is 0.903. The van der Waals surface area contributed by atoms with Gasteiger partial charge in [0.05, 0.1) is 10.2 Å². The van der Waals surface area contributed by atoms with Gasteiger partial charge in [0.25, 0.3) is 5.91 Å². The van der Waals surface area contributed by atoms with Crippen molar-refractivity contribution in [3.05, 3.63) is 45.2 Å². The number of amides is 1. The van der Waals surface area contributed by atoms with Gasteiger partial charge in [-0.1, -0.05) is 0 Å². The Bertz CT molecular complexity index is 665. The molecule has 1 aromatic carbocycles. The summed E-state index contributed by atoms with van der Waals surface area (Å²) in [5, 5.41) is 16.7. The first-order valence-electron chi connectivity index (χ1n) is 6.16. The van der Waals surface area contributed by atoms with E-state index in [1.54, 1.807) is 16.8 Å². The normalized spacial score (nSPS) is 10.6. The number of carbonyl (C=O) groups is 1. The van der Waals surface area contributed by atoms with Crippen LogP contribution in [0.2, 0.25) is 0 Å².